The molecule has 1 aromatic carbocycles. The van der Waals surface area contributed by atoms with Gasteiger partial charge in [-0.25, -0.2) is 0 Å². The lowest BCUT2D eigenvalue weighted by molar-refractivity contribution is -0.138. The van der Waals surface area contributed by atoms with Gasteiger partial charge in [-0.1, -0.05) is 38.1 Å². The van der Waals surface area contributed by atoms with Crippen molar-refractivity contribution < 1.29 is 4.79 Å². The molecule has 0 fully saturated rings. The fraction of sp³-hybridized carbons (Fsp3) is 0.611. The van der Waals surface area contributed by atoms with E-state index in [9.17, 15) is 4.79 Å². The largest absolute Gasteiger partial charge is 0.339 e. The third-order valence-corrected chi connectivity index (χ3v) is 4.69. The highest BCUT2D eigenvalue weighted by Gasteiger charge is 2.30. The number of halogens is 1. The van der Waals surface area contributed by atoms with Crippen LogP contribution in [-0.2, 0) is 17.6 Å². The summed E-state index contributed by atoms with van der Waals surface area (Å²) in [4.78, 5) is 14.8. The Kier molecular flexibility index (Phi) is 7.37. The number of carbonyl (C=O) groups excluding carboxylic acids is 1. The van der Waals surface area contributed by atoms with Gasteiger partial charge >= 0.3 is 0 Å². The Hall–Kier alpha value is -1.06. The summed E-state index contributed by atoms with van der Waals surface area (Å²) in [6.45, 7) is 6.84. The van der Waals surface area contributed by atoms with Crippen molar-refractivity contribution in [1.29, 1.82) is 0 Å². The molecule has 0 aromatic heterocycles. The van der Waals surface area contributed by atoms with Gasteiger partial charge in [0.15, 0.2) is 0 Å². The van der Waals surface area contributed by atoms with Crippen LogP contribution in [-0.4, -0.2) is 29.4 Å². The molecule has 1 amide bonds. The molecule has 0 heterocycles. The van der Waals surface area contributed by atoms with Gasteiger partial charge in [0.2, 0.25) is 5.91 Å². The number of benzene rings is 1. The lowest BCUT2D eigenvalue weighted by atomic mass is 9.86. The van der Waals surface area contributed by atoms with Crippen LogP contribution in [0, 0.1) is 5.92 Å². The monoisotopic (exact) mass is 324 g/mol. The Morgan fingerprint density at radius 2 is 1.95 bits per heavy atom. The molecule has 1 aliphatic rings. The molecule has 0 radical (unpaired) electrons. The smallest absolute Gasteiger partial charge is 0.227 e. The summed E-state index contributed by atoms with van der Waals surface area (Å²) in [5, 5.41) is 0. The van der Waals surface area contributed by atoms with E-state index in [0.29, 0.717) is 6.04 Å². The number of nitrogens with zero attached hydrogens (tertiary/aromatic N) is 1. The Morgan fingerprint density at radius 1 is 1.32 bits per heavy atom. The highest BCUT2D eigenvalue weighted by Crippen LogP contribution is 2.26. The number of hydrogen-bond donors (Lipinski definition) is 1. The standard InChI is InChI=1S/C18H28N2O.ClH/c1-4-11-20(18(21)13(2)14(3)19)17-10-9-15-7-5-6-8-16(15)12-17;/h5-8,13-14,17H,4,9-12,19H2,1-3H3;1H. The first-order chi connectivity index (χ1) is 10.0. The zero-order valence-electron chi connectivity index (χ0n) is 13.9. The fourth-order valence-electron chi connectivity index (χ4n) is 3.14. The lowest BCUT2D eigenvalue weighted by Gasteiger charge is -2.37. The molecule has 2 N–H and O–H groups in total. The number of carbonyl (C=O) groups is 1. The van der Waals surface area contributed by atoms with E-state index in [-0.39, 0.29) is 30.3 Å². The third kappa shape index (κ3) is 4.23. The number of amides is 1. The molecule has 124 valence electrons. The second kappa shape index (κ2) is 8.54. The number of fused-ring (bicyclic) bond motifs is 1. The van der Waals surface area contributed by atoms with E-state index < -0.39 is 0 Å². The van der Waals surface area contributed by atoms with Crippen molar-refractivity contribution in [2.75, 3.05) is 6.54 Å². The molecule has 0 aliphatic heterocycles. The van der Waals surface area contributed by atoms with E-state index in [2.05, 4.69) is 36.1 Å². The zero-order valence-corrected chi connectivity index (χ0v) is 14.7. The van der Waals surface area contributed by atoms with Gasteiger partial charge in [0.05, 0.1) is 5.92 Å². The van der Waals surface area contributed by atoms with Gasteiger partial charge < -0.3 is 10.6 Å². The van der Waals surface area contributed by atoms with E-state index in [1.165, 1.54) is 11.1 Å². The first kappa shape index (κ1) is 19.0. The van der Waals surface area contributed by atoms with Crippen LogP contribution in [0.5, 0.6) is 0 Å². The predicted octanol–water partition coefficient (Wildman–Crippen LogP) is 3.19. The van der Waals surface area contributed by atoms with Crippen molar-refractivity contribution >= 4 is 18.3 Å². The summed E-state index contributed by atoms with van der Waals surface area (Å²) in [7, 11) is 0. The van der Waals surface area contributed by atoms with Gasteiger partial charge in [-0.05, 0) is 43.7 Å². The second-order valence-electron chi connectivity index (χ2n) is 6.34. The molecule has 2 rings (SSSR count). The van der Waals surface area contributed by atoms with Gasteiger partial charge in [0, 0.05) is 18.6 Å². The molecule has 1 aliphatic carbocycles. The fourth-order valence-corrected chi connectivity index (χ4v) is 3.14. The van der Waals surface area contributed by atoms with E-state index >= 15 is 0 Å². The molecule has 3 nitrogen and oxygen atoms in total. The van der Waals surface area contributed by atoms with Crippen LogP contribution >= 0.6 is 12.4 Å². The number of nitrogens with two attached hydrogens (primary N) is 1. The molecular formula is C18H29ClN2O. The average molecular weight is 325 g/mol. The molecule has 3 unspecified atom stereocenters. The summed E-state index contributed by atoms with van der Waals surface area (Å²) in [5.41, 5.74) is 8.77. The van der Waals surface area contributed by atoms with Gasteiger partial charge in [0.25, 0.3) is 0 Å². The minimum Gasteiger partial charge on any atom is -0.339 e. The summed E-state index contributed by atoms with van der Waals surface area (Å²) >= 11 is 0. The van der Waals surface area contributed by atoms with Crippen LogP contribution in [0.2, 0.25) is 0 Å². The minimum atomic E-state index is -0.103. The number of rotatable bonds is 5. The van der Waals surface area contributed by atoms with Crippen LogP contribution < -0.4 is 5.73 Å². The van der Waals surface area contributed by atoms with Crippen molar-refractivity contribution in [3.8, 4) is 0 Å². The molecule has 0 saturated carbocycles. The maximum Gasteiger partial charge on any atom is 0.227 e. The first-order valence-corrected chi connectivity index (χ1v) is 8.17. The molecule has 1 aromatic rings. The molecule has 0 saturated heterocycles. The molecule has 22 heavy (non-hydrogen) atoms. The lowest BCUT2D eigenvalue weighted by Crippen LogP contribution is -2.49. The average Bonchev–Trinajstić information content (AvgIpc) is 2.50. The maximum absolute atomic E-state index is 12.7. The van der Waals surface area contributed by atoms with Gasteiger partial charge in [-0.3, -0.25) is 4.79 Å². The van der Waals surface area contributed by atoms with Gasteiger partial charge in [-0.15, -0.1) is 12.4 Å². The quantitative estimate of drug-likeness (QED) is 0.904. The van der Waals surface area contributed by atoms with Crippen LogP contribution in [0.15, 0.2) is 24.3 Å². The van der Waals surface area contributed by atoms with Crippen molar-refractivity contribution in [1.82, 2.24) is 4.90 Å². The maximum atomic E-state index is 12.7. The molecule has 0 spiro atoms. The summed E-state index contributed by atoms with van der Waals surface area (Å²) in [6.07, 6.45) is 4.11. The molecule has 3 atom stereocenters. The van der Waals surface area contributed by atoms with E-state index in [4.69, 9.17) is 5.73 Å². The van der Waals surface area contributed by atoms with Crippen molar-refractivity contribution in [2.24, 2.45) is 11.7 Å². The first-order valence-electron chi connectivity index (χ1n) is 8.17. The van der Waals surface area contributed by atoms with E-state index in [1.807, 2.05) is 13.8 Å². The van der Waals surface area contributed by atoms with Crippen molar-refractivity contribution in [2.45, 2.75) is 58.5 Å². The predicted molar refractivity (Wildman–Crippen MR) is 94.3 cm³/mol. The SMILES string of the molecule is CCCN(C(=O)C(C)C(C)N)C1CCc2ccccc2C1.Cl. The Bertz CT molecular complexity index is 490. The summed E-state index contributed by atoms with van der Waals surface area (Å²) in [6, 6.07) is 8.85. The molecular weight excluding hydrogens is 296 g/mol. The normalized spacial score (nSPS) is 19.5. The Morgan fingerprint density at radius 3 is 2.55 bits per heavy atom. The van der Waals surface area contributed by atoms with Crippen molar-refractivity contribution in [3.63, 3.8) is 0 Å². The minimum absolute atomic E-state index is 0. The summed E-state index contributed by atoms with van der Waals surface area (Å²) in [5.74, 6) is 0.116. The number of aryl methyl sites for hydroxylation is 1. The van der Waals surface area contributed by atoms with Crippen LogP contribution in [0.1, 0.15) is 44.7 Å². The zero-order chi connectivity index (χ0) is 15.4. The van der Waals surface area contributed by atoms with Crippen LogP contribution in [0.4, 0.5) is 0 Å². The Balaban J connectivity index is 0.00000242. The van der Waals surface area contributed by atoms with Crippen LogP contribution in [0.25, 0.3) is 0 Å². The third-order valence-electron chi connectivity index (χ3n) is 4.69. The second-order valence-corrected chi connectivity index (χ2v) is 6.34. The van der Waals surface area contributed by atoms with Gasteiger partial charge in [-0.2, -0.15) is 0 Å². The molecule has 0 bridgehead atoms. The summed E-state index contributed by atoms with van der Waals surface area (Å²) < 4.78 is 0. The topological polar surface area (TPSA) is 46.3 Å². The van der Waals surface area contributed by atoms with E-state index in [1.54, 1.807) is 0 Å². The van der Waals surface area contributed by atoms with E-state index in [0.717, 1.165) is 32.2 Å². The van der Waals surface area contributed by atoms with Crippen molar-refractivity contribution in [3.05, 3.63) is 35.4 Å². The highest BCUT2D eigenvalue weighted by molar-refractivity contribution is 5.85. The molecule has 4 heteroatoms. The van der Waals surface area contributed by atoms with Crippen LogP contribution in [0.3, 0.4) is 0 Å². The highest BCUT2D eigenvalue weighted by atomic mass is 35.5. The van der Waals surface area contributed by atoms with Gasteiger partial charge in [0.1, 0.15) is 0 Å². The number of hydrogen-bond acceptors (Lipinski definition) is 2. The Labute approximate surface area is 140 Å².